The van der Waals surface area contributed by atoms with Crippen molar-refractivity contribution in [3.63, 3.8) is 0 Å². The predicted octanol–water partition coefficient (Wildman–Crippen LogP) is 1.87. The van der Waals surface area contributed by atoms with Crippen LogP contribution in [0, 0.1) is 12.8 Å². The summed E-state index contributed by atoms with van der Waals surface area (Å²) >= 11 is 0. The van der Waals surface area contributed by atoms with E-state index in [1.807, 2.05) is 14.1 Å². The summed E-state index contributed by atoms with van der Waals surface area (Å²) in [6.07, 6.45) is 2.36. The first-order valence-corrected chi connectivity index (χ1v) is 6.77. The topological polar surface area (TPSA) is 78.4 Å². The van der Waals surface area contributed by atoms with Crippen molar-refractivity contribution in [2.24, 2.45) is 5.92 Å². The highest BCUT2D eigenvalue weighted by atomic mass is 16.4. The summed E-state index contributed by atoms with van der Waals surface area (Å²) in [6, 6.07) is 0.236. The van der Waals surface area contributed by atoms with Crippen molar-refractivity contribution >= 4 is 11.9 Å². The third-order valence-electron chi connectivity index (χ3n) is 2.88. The molecule has 6 heteroatoms. The van der Waals surface area contributed by atoms with Gasteiger partial charge >= 0.3 is 5.97 Å². The van der Waals surface area contributed by atoms with Crippen molar-refractivity contribution in [3.05, 3.63) is 17.5 Å². The van der Waals surface area contributed by atoms with Gasteiger partial charge in [0.05, 0.1) is 11.3 Å². The fraction of sp³-hybridized carbons (Fsp3) is 0.643. The number of aromatic nitrogens is 2. The predicted molar refractivity (Wildman–Crippen MR) is 79.1 cm³/mol. The zero-order valence-electron chi connectivity index (χ0n) is 12.8. The summed E-state index contributed by atoms with van der Waals surface area (Å²) in [6.45, 7) is 6.90. The lowest BCUT2D eigenvalue weighted by molar-refractivity contribution is 0.0695. The monoisotopic (exact) mass is 280 g/mol. The first-order valence-electron chi connectivity index (χ1n) is 6.77. The number of aryl methyl sites for hydroxylation is 1. The van der Waals surface area contributed by atoms with Gasteiger partial charge in [0.15, 0.2) is 0 Å². The van der Waals surface area contributed by atoms with Gasteiger partial charge in [-0.3, -0.25) is 0 Å². The Labute approximate surface area is 120 Å². The fourth-order valence-electron chi connectivity index (χ4n) is 2.12. The van der Waals surface area contributed by atoms with Crippen molar-refractivity contribution in [3.8, 4) is 0 Å². The average Bonchev–Trinajstić information content (AvgIpc) is 2.26. The van der Waals surface area contributed by atoms with Gasteiger partial charge in [0, 0.05) is 18.8 Å². The molecule has 1 aromatic heterocycles. The number of anilines is 1. The van der Waals surface area contributed by atoms with Gasteiger partial charge < -0.3 is 15.3 Å². The van der Waals surface area contributed by atoms with E-state index in [-0.39, 0.29) is 11.6 Å². The van der Waals surface area contributed by atoms with Crippen LogP contribution in [0.2, 0.25) is 0 Å². The molecule has 1 atom stereocenters. The van der Waals surface area contributed by atoms with E-state index in [0.717, 1.165) is 13.0 Å². The molecule has 6 nitrogen and oxygen atoms in total. The molecule has 0 saturated heterocycles. The fourth-order valence-corrected chi connectivity index (χ4v) is 2.12. The number of aromatic carboxylic acids is 1. The van der Waals surface area contributed by atoms with Crippen LogP contribution >= 0.6 is 0 Å². The second kappa shape index (κ2) is 7.19. The Bertz CT molecular complexity index is 450. The van der Waals surface area contributed by atoms with Gasteiger partial charge in [0.2, 0.25) is 5.95 Å². The lowest BCUT2D eigenvalue weighted by Crippen LogP contribution is -2.34. The molecule has 2 N–H and O–H groups in total. The highest BCUT2D eigenvalue weighted by Gasteiger charge is 2.15. The van der Waals surface area contributed by atoms with E-state index in [1.54, 1.807) is 6.92 Å². The molecule has 1 unspecified atom stereocenters. The molecule has 0 bridgehead atoms. The number of hydrogen-bond donors (Lipinski definition) is 2. The summed E-state index contributed by atoms with van der Waals surface area (Å²) in [5.74, 6) is 0.0490. The van der Waals surface area contributed by atoms with E-state index in [9.17, 15) is 4.79 Å². The molecule has 0 aromatic carbocycles. The number of hydrogen-bond acceptors (Lipinski definition) is 5. The van der Waals surface area contributed by atoms with Crippen molar-refractivity contribution in [2.45, 2.75) is 33.2 Å². The van der Waals surface area contributed by atoms with Crippen LogP contribution in [-0.2, 0) is 0 Å². The second-order valence-corrected chi connectivity index (χ2v) is 5.73. The zero-order chi connectivity index (χ0) is 15.3. The van der Waals surface area contributed by atoms with Crippen LogP contribution in [0.5, 0.6) is 0 Å². The Balaban J connectivity index is 2.82. The number of carboxylic acids is 1. The van der Waals surface area contributed by atoms with Crippen LogP contribution < -0.4 is 5.32 Å². The van der Waals surface area contributed by atoms with E-state index < -0.39 is 5.97 Å². The SMILES string of the molecule is Cc1nc(NC(CC(C)C)CN(C)C)ncc1C(=O)O. The van der Waals surface area contributed by atoms with Crippen LogP contribution in [0.4, 0.5) is 5.95 Å². The molecule has 0 saturated carbocycles. The third-order valence-corrected chi connectivity index (χ3v) is 2.88. The molecule has 0 aliphatic carbocycles. The first-order chi connectivity index (χ1) is 9.29. The largest absolute Gasteiger partial charge is 0.478 e. The summed E-state index contributed by atoms with van der Waals surface area (Å²) in [5.41, 5.74) is 0.617. The Morgan fingerprint density at radius 3 is 2.55 bits per heavy atom. The Kier molecular flexibility index (Phi) is 5.88. The molecule has 0 amide bonds. The molecular formula is C14H24N4O2. The van der Waals surface area contributed by atoms with Crippen LogP contribution in [0.3, 0.4) is 0 Å². The van der Waals surface area contributed by atoms with E-state index in [4.69, 9.17) is 5.11 Å². The first kappa shape index (κ1) is 16.4. The lowest BCUT2D eigenvalue weighted by Gasteiger charge is -2.24. The maximum Gasteiger partial charge on any atom is 0.339 e. The molecular weight excluding hydrogens is 256 g/mol. The lowest BCUT2D eigenvalue weighted by atomic mass is 10.0. The quantitative estimate of drug-likeness (QED) is 0.794. The van der Waals surface area contributed by atoms with Crippen molar-refractivity contribution in [1.82, 2.24) is 14.9 Å². The summed E-state index contributed by atoms with van der Waals surface area (Å²) in [4.78, 5) is 21.4. The van der Waals surface area contributed by atoms with Gasteiger partial charge in [-0.2, -0.15) is 0 Å². The Hall–Kier alpha value is -1.69. The molecule has 0 radical (unpaired) electrons. The standard InChI is InChI=1S/C14H24N4O2/c1-9(2)6-11(8-18(4)5)17-14-15-7-12(13(19)20)10(3)16-14/h7,9,11H,6,8H2,1-5H3,(H,19,20)(H,15,16,17). The Morgan fingerprint density at radius 1 is 1.45 bits per heavy atom. The van der Waals surface area contributed by atoms with E-state index in [2.05, 4.69) is 34.0 Å². The van der Waals surface area contributed by atoms with Crippen molar-refractivity contribution in [2.75, 3.05) is 26.0 Å². The summed E-state index contributed by atoms with van der Waals surface area (Å²) < 4.78 is 0. The molecule has 1 heterocycles. The molecule has 0 aliphatic rings. The number of carbonyl (C=O) groups is 1. The van der Waals surface area contributed by atoms with Crippen molar-refractivity contribution in [1.29, 1.82) is 0 Å². The normalized spacial score (nSPS) is 12.8. The van der Waals surface area contributed by atoms with E-state index in [1.165, 1.54) is 6.20 Å². The molecule has 112 valence electrons. The molecule has 0 spiro atoms. The zero-order valence-corrected chi connectivity index (χ0v) is 12.8. The van der Waals surface area contributed by atoms with E-state index in [0.29, 0.717) is 17.6 Å². The van der Waals surface area contributed by atoms with Gasteiger partial charge in [0.25, 0.3) is 0 Å². The molecule has 1 aromatic rings. The maximum atomic E-state index is 10.9. The maximum absolute atomic E-state index is 10.9. The van der Waals surface area contributed by atoms with Crippen LogP contribution in [0.1, 0.15) is 36.3 Å². The number of nitrogens with one attached hydrogen (secondary N) is 1. The van der Waals surface area contributed by atoms with Crippen molar-refractivity contribution < 1.29 is 9.90 Å². The molecule has 0 aliphatic heterocycles. The van der Waals surface area contributed by atoms with Gasteiger partial charge in [-0.25, -0.2) is 14.8 Å². The highest BCUT2D eigenvalue weighted by Crippen LogP contribution is 2.12. The smallest absolute Gasteiger partial charge is 0.339 e. The van der Waals surface area contributed by atoms with Crippen LogP contribution in [0.15, 0.2) is 6.20 Å². The van der Waals surface area contributed by atoms with Crippen LogP contribution in [-0.4, -0.2) is 52.6 Å². The molecule has 1 rings (SSSR count). The average molecular weight is 280 g/mol. The Morgan fingerprint density at radius 2 is 2.10 bits per heavy atom. The summed E-state index contributed by atoms with van der Waals surface area (Å²) in [5, 5.41) is 12.3. The number of nitrogens with zero attached hydrogens (tertiary/aromatic N) is 3. The third kappa shape index (κ3) is 5.13. The van der Waals surface area contributed by atoms with Gasteiger partial charge in [-0.1, -0.05) is 13.8 Å². The number of rotatable bonds is 7. The number of likely N-dealkylation sites (N-methyl/N-ethyl adjacent to an activating group) is 1. The minimum atomic E-state index is -0.999. The summed E-state index contributed by atoms with van der Waals surface area (Å²) in [7, 11) is 4.04. The minimum Gasteiger partial charge on any atom is -0.478 e. The molecule has 20 heavy (non-hydrogen) atoms. The highest BCUT2D eigenvalue weighted by molar-refractivity contribution is 5.88. The second-order valence-electron chi connectivity index (χ2n) is 5.73. The van der Waals surface area contributed by atoms with Gasteiger partial charge in [-0.05, 0) is 33.4 Å². The minimum absolute atomic E-state index is 0.142. The van der Waals surface area contributed by atoms with E-state index >= 15 is 0 Å². The van der Waals surface area contributed by atoms with Crippen LogP contribution in [0.25, 0.3) is 0 Å². The van der Waals surface area contributed by atoms with Gasteiger partial charge in [-0.15, -0.1) is 0 Å². The number of carboxylic acid groups (broad SMARTS) is 1. The molecule has 0 fully saturated rings. The van der Waals surface area contributed by atoms with Gasteiger partial charge in [0.1, 0.15) is 0 Å².